The van der Waals surface area contributed by atoms with Gasteiger partial charge >= 0.3 is 0 Å². The molecule has 0 atom stereocenters. The highest BCUT2D eigenvalue weighted by atomic mass is 15.3. The van der Waals surface area contributed by atoms with E-state index in [4.69, 9.17) is 0 Å². The monoisotopic (exact) mass is 320 g/mol. The van der Waals surface area contributed by atoms with E-state index in [2.05, 4.69) is 98.9 Å². The maximum atomic E-state index is 2.36. The molecule has 0 amide bonds. The second-order valence-electron chi connectivity index (χ2n) is 6.69. The van der Waals surface area contributed by atoms with E-state index in [9.17, 15) is 0 Å². The average molecular weight is 320 g/mol. The molecule has 0 heterocycles. The van der Waals surface area contributed by atoms with Gasteiger partial charge in [0.15, 0.2) is 0 Å². The Hall–Kier alpha value is -2.12. The van der Waals surface area contributed by atoms with Crippen molar-refractivity contribution < 1.29 is 4.48 Å². The lowest BCUT2D eigenvalue weighted by atomic mass is 10.2. The number of rotatable bonds is 9. The predicted molar refractivity (Wildman–Crippen MR) is 107 cm³/mol. The van der Waals surface area contributed by atoms with Gasteiger partial charge in [-0.2, -0.15) is 0 Å². The van der Waals surface area contributed by atoms with Crippen molar-refractivity contribution in [1.82, 2.24) is 0 Å². The summed E-state index contributed by atoms with van der Waals surface area (Å²) in [5.74, 6) is 0. The Labute approximate surface area is 147 Å². The maximum Gasteiger partial charge on any atom is 0.0977 e. The molecule has 0 fully saturated rings. The van der Waals surface area contributed by atoms with E-state index in [1.165, 1.54) is 30.5 Å². The molecule has 0 spiro atoms. The van der Waals surface area contributed by atoms with Gasteiger partial charge in [-0.3, -0.25) is 0 Å². The Kier molecular flexibility index (Phi) is 7.51. The van der Waals surface area contributed by atoms with Crippen molar-refractivity contribution in [2.24, 2.45) is 0 Å². The summed E-state index contributed by atoms with van der Waals surface area (Å²) in [6.45, 7) is 5.61. The van der Waals surface area contributed by atoms with Crippen molar-refractivity contribution in [2.45, 2.75) is 19.8 Å². The lowest BCUT2D eigenvalue weighted by Gasteiger charge is -2.32. The molecule has 0 bridgehead atoms. The Balaban J connectivity index is 1.96. The van der Waals surface area contributed by atoms with Gasteiger partial charge in [0.25, 0.3) is 0 Å². The van der Waals surface area contributed by atoms with E-state index in [1.54, 1.807) is 0 Å². The van der Waals surface area contributed by atoms with Gasteiger partial charge in [0, 0.05) is 0 Å². The number of likely N-dealkylation sites (N-methyl/N-ethyl adjacent to an activating group) is 1. The molecule has 0 aliphatic heterocycles. The van der Waals surface area contributed by atoms with Crippen LogP contribution in [0.25, 0.3) is 12.2 Å². The highest BCUT2D eigenvalue weighted by Gasteiger charge is 2.17. The van der Waals surface area contributed by atoms with Crippen LogP contribution in [0.5, 0.6) is 0 Å². The van der Waals surface area contributed by atoms with Crippen molar-refractivity contribution >= 4 is 12.2 Å². The SMILES string of the molecule is CCCC[N+](C)(CC=Cc1ccccc1)CC=Cc1ccccc1. The third-order valence-corrected chi connectivity index (χ3v) is 4.36. The van der Waals surface area contributed by atoms with Crippen LogP contribution in [0.15, 0.2) is 72.8 Å². The summed E-state index contributed by atoms with van der Waals surface area (Å²) in [5, 5.41) is 0. The molecule has 24 heavy (non-hydrogen) atoms. The predicted octanol–water partition coefficient (Wildman–Crippen LogP) is 5.66. The molecule has 2 rings (SSSR count). The lowest BCUT2D eigenvalue weighted by molar-refractivity contribution is -0.898. The van der Waals surface area contributed by atoms with Gasteiger partial charge in [0.1, 0.15) is 0 Å². The molecule has 0 aliphatic rings. The molecule has 0 radical (unpaired) electrons. The van der Waals surface area contributed by atoms with E-state index >= 15 is 0 Å². The molecule has 0 aliphatic carbocycles. The van der Waals surface area contributed by atoms with Crippen LogP contribution in [-0.2, 0) is 0 Å². The second-order valence-corrected chi connectivity index (χ2v) is 6.69. The molecule has 0 saturated carbocycles. The number of hydrogen-bond donors (Lipinski definition) is 0. The number of unbranched alkanes of at least 4 members (excludes halogenated alkanes) is 1. The quantitative estimate of drug-likeness (QED) is 0.523. The Morgan fingerprint density at radius 2 is 1.21 bits per heavy atom. The van der Waals surface area contributed by atoms with Crippen molar-refractivity contribution in [1.29, 1.82) is 0 Å². The minimum atomic E-state index is 1.06. The summed E-state index contributed by atoms with van der Waals surface area (Å²) in [7, 11) is 2.36. The fourth-order valence-electron chi connectivity index (χ4n) is 2.81. The summed E-state index contributed by atoms with van der Waals surface area (Å²) in [4.78, 5) is 0. The normalized spacial score (nSPS) is 14.2. The summed E-state index contributed by atoms with van der Waals surface area (Å²) < 4.78 is 1.06. The number of hydrogen-bond acceptors (Lipinski definition) is 0. The number of benzene rings is 2. The fourth-order valence-corrected chi connectivity index (χ4v) is 2.81. The van der Waals surface area contributed by atoms with Crippen LogP contribution < -0.4 is 0 Å². The van der Waals surface area contributed by atoms with Crippen LogP contribution in [0.3, 0.4) is 0 Å². The molecular formula is C23H30N+. The zero-order chi connectivity index (χ0) is 17.1. The first-order valence-electron chi connectivity index (χ1n) is 8.98. The molecule has 0 aromatic heterocycles. The molecule has 0 unspecified atom stereocenters. The van der Waals surface area contributed by atoms with Crippen molar-refractivity contribution in [3.05, 3.63) is 83.9 Å². The lowest BCUT2D eigenvalue weighted by Crippen LogP contribution is -2.45. The van der Waals surface area contributed by atoms with E-state index < -0.39 is 0 Å². The van der Waals surface area contributed by atoms with Crippen molar-refractivity contribution in [3.8, 4) is 0 Å². The number of nitrogens with zero attached hydrogens (tertiary/aromatic N) is 1. The first kappa shape index (κ1) is 18.2. The van der Waals surface area contributed by atoms with E-state index in [-0.39, 0.29) is 0 Å². The van der Waals surface area contributed by atoms with Crippen LogP contribution >= 0.6 is 0 Å². The molecule has 1 nitrogen and oxygen atoms in total. The average Bonchev–Trinajstić information content (AvgIpc) is 2.62. The topological polar surface area (TPSA) is 0 Å². The molecule has 0 saturated heterocycles. The van der Waals surface area contributed by atoms with E-state index in [0.717, 1.165) is 17.6 Å². The van der Waals surface area contributed by atoms with Crippen LogP contribution in [0.4, 0.5) is 0 Å². The summed E-state index contributed by atoms with van der Waals surface area (Å²) in [6, 6.07) is 21.1. The summed E-state index contributed by atoms with van der Waals surface area (Å²) in [6.07, 6.45) is 11.6. The van der Waals surface area contributed by atoms with Gasteiger partial charge in [0.2, 0.25) is 0 Å². The summed E-state index contributed by atoms with van der Waals surface area (Å²) in [5.41, 5.74) is 2.55. The fraction of sp³-hybridized carbons (Fsp3) is 0.304. The highest BCUT2D eigenvalue weighted by Crippen LogP contribution is 2.10. The van der Waals surface area contributed by atoms with Crippen LogP contribution in [-0.4, -0.2) is 31.2 Å². The minimum Gasteiger partial charge on any atom is -0.320 e. The number of quaternary nitrogens is 1. The Morgan fingerprint density at radius 3 is 1.62 bits per heavy atom. The molecular weight excluding hydrogens is 290 g/mol. The zero-order valence-electron chi connectivity index (χ0n) is 15.1. The minimum absolute atomic E-state index is 1.06. The van der Waals surface area contributed by atoms with Gasteiger partial charge in [-0.15, -0.1) is 0 Å². The third kappa shape index (κ3) is 6.55. The van der Waals surface area contributed by atoms with E-state index in [0.29, 0.717) is 0 Å². The molecule has 2 aromatic rings. The maximum absolute atomic E-state index is 2.36. The van der Waals surface area contributed by atoms with Gasteiger partial charge in [-0.1, -0.05) is 86.2 Å². The van der Waals surface area contributed by atoms with Gasteiger partial charge in [-0.25, -0.2) is 0 Å². The van der Waals surface area contributed by atoms with Crippen molar-refractivity contribution in [2.75, 3.05) is 26.7 Å². The zero-order valence-corrected chi connectivity index (χ0v) is 15.1. The largest absolute Gasteiger partial charge is 0.320 e. The van der Waals surface area contributed by atoms with Gasteiger partial charge < -0.3 is 4.48 Å². The smallest absolute Gasteiger partial charge is 0.0977 e. The van der Waals surface area contributed by atoms with Gasteiger partial charge in [-0.05, 0) is 29.7 Å². The van der Waals surface area contributed by atoms with Crippen LogP contribution in [0, 0.1) is 0 Å². The first-order chi connectivity index (χ1) is 11.7. The highest BCUT2D eigenvalue weighted by molar-refractivity contribution is 5.49. The molecule has 2 aromatic carbocycles. The molecule has 126 valence electrons. The third-order valence-electron chi connectivity index (χ3n) is 4.36. The van der Waals surface area contributed by atoms with Crippen molar-refractivity contribution in [3.63, 3.8) is 0 Å². The second kappa shape index (κ2) is 9.89. The molecule has 1 heteroatoms. The van der Waals surface area contributed by atoms with Gasteiger partial charge in [0.05, 0.1) is 26.7 Å². The van der Waals surface area contributed by atoms with Crippen LogP contribution in [0.2, 0.25) is 0 Å². The molecule has 0 N–H and O–H groups in total. The first-order valence-corrected chi connectivity index (χ1v) is 8.98. The van der Waals surface area contributed by atoms with Crippen LogP contribution in [0.1, 0.15) is 30.9 Å². The van der Waals surface area contributed by atoms with E-state index in [1.807, 2.05) is 0 Å². The Morgan fingerprint density at radius 1 is 0.750 bits per heavy atom. The Bertz CT molecular complexity index is 574. The summed E-state index contributed by atoms with van der Waals surface area (Å²) >= 11 is 0. The standard InChI is InChI=1S/C23H30N/c1-3-4-19-24(2,20-11-17-22-13-7-5-8-14-22)21-12-18-23-15-9-6-10-16-23/h5-18H,3-4,19-21H2,1-2H3/q+1.